The summed E-state index contributed by atoms with van der Waals surface area (Å²) in [6, 6.07) is 15.1. The molecule has 5 heteroatoms. The number of hydrogen-bond acceptors (Lipinski definition) is 3. The van der Waals surface area contributed by atoms with Crippen molar-refractivity contribution in [1.82, 2.24) is 10.6 Å². The van der Waals surface area contributed by atoms with Gasteiger partial charge in [-0.25, -0.2) is 0 Å². The molecule has 5 nitrogen and oxygen atoms in total. The zero-order valence-electron chi connectivity index (χ0n) is 18.7. The maximum Gasteiger partial charge on any atom is 0.251 e. The largest absolute Gasteiger partial charge is 0.508 e. The van der Waals surface area contributed by atoms with Crippen molar-refractivity contribution in [2.24, 2.45) is 17.3 Å². The number of rotatable bonds is 6. The Hall–Kier alpha value is -2.82. The summed E-state index contributed by atoms with van der Waals surface area (Å²) in [6.07, 6.45) is 6.65. The third kappa shape index (κ3) is 3.78. The SMILES string of the molecule is Cc1ccc(C23CC4CC(CC(C(=O)NCCNC(=O)c5ccc(O)cc5)(C4)C2)C3)cc1. The van der Waals surface area contributed by atoms with E-state index in [2.05, 4.69) is 41.8 Å². The molecule has 0 radical (unpaired) electrons. The van der Waals surface area contributed by atoms with Gasteiger partial charge in [-0.1, -0.05) is 29.8 Å². The van der Waals surface area contributed by atoms with Crippen molar-refractivity contribution in [1.29, 1.82) is 0 Å². The number of phenolic OH excluding ortho intramolecular Hbond substituents is 1. The fourth-order valence-electron chi connectivity index (χ4n) is 7.03. The average Bonchev–Trinajstić information content (AvgIpc) is 2.76. The number of aromatic hydroxyl groups is 1. The lowest BCUT2D eigenvalue weighted by Gasteiger charge is -2.61. The number of benzene rings is 2. The first-order valence-electron chi connectivity index (χ1n) is 11.8. The molecular weight excluding hydrogens is 400 g/mol. The van der Waals surface area contributed by atoms with E-state index in [1.165, 1.54) is 42.5 Å². The van der Waals surface area contributed by atoms with Gasteiger partial charge < -0.3 is 15.7 Å². The normalized spacial score (nSPS) is 30.2. The molecule has 3 N–H and O–H groups in total. The molecule has 4 aliphatic carbocycles. The predicted octanol–water partition coefficient (Wildman–Crippen LogP) is 4.08. The number of nitrogens with one attached hydrogen (secondary N) is 2. The smallest absolute Gasteiger partial charge is 0.251 e. The second kappa shape index (κ2) is 7.95. The van der Waals surface area contributed by atoms with Crippen molar-refractivity contribution in [3.63, 3.8) is 0 Å². The Morgan fingerprint density at radius 2 is 1.53 bits per heavy atom. The summed E-state index contributed by atoms with van der Waals surface area (Å²) in [6.45, 7) is 2.94. The molecule has 0 aromatic heterocycles. The van der Waals surface area contributed by atoms with Crippen LogP contribution in [0.5, 0.6) is 5.75 Å². The molecule has 32 heavy (non-hydrogen) atoms. The summed E-state index contributed by atoms with van der Waals surface area (Å²) in [7, 11) is 0. The number of hydrogen-bond donors (Lipinski definition) is 3. The molecule has 6 rings (SSSR count). The van der Waals surface area contributed by atoms with Gasteiger partial charge in [0, 0.05) is 18.7 Å². The summed E-state index contributed by atoms with van der Waals surface area (Å²) >= 11 is 0. The van der Waals surface area contributed by atoms with Crippen molar-refractivity contribution < 1.29 is 14.7 Å². The molecular formula is C27H32N2O3. The summed E-state index contributed by atoms with van der Waals surface area (Å²) in [5.74, 6) is 1.37. The number of carbonyl (C=O) groups is 2. The zero-order chi connectivity index (χ0) is 22.3. The molecule has 2 unspecified atom stereocenters. The van der Waals surface area contributed by atoms with Crippen LogP contribution in [0.15, 0.2) is 48.5 Å². The highest BCUT2D eigenvalue weighted by Crippen LogP contribution is 2.65. The van der Waals surface area contributed by atoms with Crippen LogP contribution in [0.25, 0.3) is 0 Å². The quantitative estimate of drug-likeness (QED) is 0.602. The van der Waals surface area contributed by atoms with Crippen LogP contribution in [0, 0.1) is 24.2 Å². The summed E-state index contributed by atoms with van der Waals surface area (Å²) < 4.78 is 0. The molecule has 0 spiro atoms. The number of aryl methyl sites for hydroxylation is 1. The first-order valence-corrected chi connectivity index (χ1v) is 11.8. The van der Waals surface area contributed by atoms with Gasteiger partial charge in [-0.05, 0) is 92.5 Å². The molecule has 0 heterocycles. The zero-order valence-corrected chi connectivity index (χ0v) is 18.7. The monoisotopic (exact) mass is 432 g/mol. The van der Waals surface area contributed by atoms with Gasteiger partial charge in [0.25, 0.3) is 5.91 Å². The van der Waals surface area contributed by atoms with Gasteiger partial charge in [0.1, 0.15) is 5.75 Å². The maximum absolute atomic E-state index is 13.4. The summed E-state index contributed by atoms with van der Waals surface area (Å²) in [5, 5.41) is 15.3. The fraction of sp³-hybridized carbons (Fsp3) is 0.481. The second-order valence-corrected chi connectivity index (χ2v) is 10.4. The Bertz CT molecular complexity index is 998. The number of carbonyl (C=O) groups excluding carboxylic acids is 2. The van der Waals surface area contributed by atoms with Gasteiger partial charge in [0.15, 0.2) is 0 Å². The van der Waals surface area contributed by atoms with Crippen molar-refractivity contribution in [2.75, 3.05) is 13.1 Å². The minimum Gasteiger partial charge on any atom is -0.508 e. The lowest BCUT2D eigenvalue weighted by Crippen LogP contribution is -2.59. The van der Waals surface area contributed by atoms with Crippen LogP contribution in [0.2, 0.25) is 0 Å². The minimum atomic E-state index is -0.268. The van der Waals surface area contributed by atoms with E-state index >= 15 is 0 Å². The number of amides is 2. The Morgan fingerprint density at radius 3 is 2.19 bits per heavy atom. The average molecular weight is 433 g/mol. The standard InChI is InChI=1S/C27H32N2O3/c1-18-2-6-22(7-3-18)26-13-19-12-20(14-26)16-27(15-19,17-26)25(32)29-11-10-28-24(31)21-4-8-23(30)9-5-21/h2-9,19-20,30H,10-17H2,1H3,(H,28,31)(H,29,32). The highest BCUT2D eigenvalue weighted by Gasteiger charge is 2.60. The first-order chi connectivity index (χ1) is 15.4. The van der Waals surface area contributed by atoms with Gasteiger partial charge in [-0.2, -0.15) is 0 Å². The summed E-state index contributed by atoms with van der Waals surface area (Å²) in [5.41, 5.74) is 3.06. The Labute approximate surface area is 189 Å². The topological polar surface area (TPSA) is 78.4 Å². The highest BCUT2D eigenvalue weighted by molar-refractivity contribution is 5.94. The lowest BCUT2D eigenvalue weighted by molar-refractivity contribution is -0.149. The van der Waals surface area contributed by atoms with Crippen LogP contribution in [0.1, 0.15) is 60.0 Å². The molecule has 2 atom stereocenters. The minimum absolute atomic E-state index is 0.132. The van der Waals surface area contributed by atoms with E-state index in [4.69, 9.17) is 0 Å². The Kier molecular flexibility index (Phi) is 5.23. The first kappa shape index (κ1) is 21.0. The predicted molar refractivity (Wildman–Crippen MR) is 123 cm³/mol. The molecule has 4 saturated carbocycles. The van der Waals surface area contributed by atoms with E-state index in [1.54, 1.807) is 12.1 Å². The third-order valence-corrected chi connectivity index (χ3v) is 8.03. The van der Waals surface area contributed by atoms with E-state index in [0.717, 1.165) is 19.3 Å². The van der Waals surface area contributed by atoms with E-state index in [-0.39, 0.29) is 28.4 Å². The van der Waals surface area contributed by atoms with Gasteiger partial charge in [0.2, 0.25) is 5.91 Å². The van der Waals surface area contributed by atoms with Crippen LogP contribution in [-0.4, -0.2) is 30.0 Å². The molecule has 2 aromatic carbocycles. The van der Waals surface area contributed by atoms with Gasteiger partial charge in [-0.3, -0.25) is 9.59 Å². The Morgan fingerprint density at radius 1 is 0.906 bits per heavy atom. The highest BCUT2D eigenvalue weighted by atomic mass is 16.3. The molecule has 4 bridgehead atoms. The molecule has 4 fully saturated rings. The van der Waals surface area contributed by atoms with Crippen LogP contribution >= 0.6 is 0 Å². The van der Waals surface area contributed by atoms with Crippen molar-refractivity contribution in [3.05, 3.63) is 65.2 Å². The molecule has 2 aromatic rings. The van der Waals surface area contributed by atoms with Gasteiger partial charge >= 0.3 is 0 Å². The fourth-order valence-corrected chi connectivity index (χ4v) is 7.03. The van der Waals surface area contributed by atoms with Crippen LogP contribution in [-0.2, 0) is 10.2 Å². The molecule has 0 aliphatic heterocycles. The number of phenols is 1. The van der Waals surface area contributed by atoms with Crippen molar-refractivity contribution in [2.45, 2.75) is 50.9 Å². The van der Waals surface area contributed by atoms with Crippen molar-refractivity contribution >= 4 is 11.8 Å². The van der Waals surface area contributed by atoms with Gasteiger partial charge in [-0.15, -0.1) is 0 Å². The molecule has 4 aliphatic rings. The molecule has 0 saturated heterocycles. The van der Waals surface area contributed by atoms with Crippen LogP contribution < -0.4 is 10.6 Å². The van der Waals surface area contributed by atoms with Gasteiger partial charge in [0.05, 0.1) is 5.41 Å². The summed E-state index contributed by atoms with van der Waals surface area (Å²) in [4.78, 5) is 25.7. The second-order valence-electron chi connectivity index (χ2n) is 10.4. The van der Waals surface area contributed by atoms with Crippen LogP contribution in [0.4, 0.5) is 0 Å². The van der Waals surface area contributed by atoms with E-state index in [1.807, 2.05) is 0 Å². The molecule has 168 valence electrons. The molecule has 2 amide bonds. The lowest BCUT2D eigenvalue weighted by atomic mass is 9.42. The van der Waals surface area contributed by atoms with E-state index < -0.39 is 0 Å². The Balaban J connectivity index is 1.22. The van der Waals surface area contributed by atoms with Crippen LogP contribution in [0.3, 0.4) is 0 Å². The van der Waals surface area contributed by atoms with E-state index in [9.17, 15) is 14.7 Å². The maximum atomic E-state index is 13.4. The van der Waals surface area contributed by atoms with E-state index in [0.29, 0.717) is 30.5 Å². The third-order valence-electron chi connectivity index (χ3n) is 8.03. The van der Waals surface area contributed by atoms with Crippen molar-refractivity contribution in [3.8, 4) is 5.75 Å².